The van der Waals surface area contributed by atoms with Gasteiger partial charge in [0.25, 0.3) is 0 Å². The number of nitrogens with zero attached hydrogens (tertiary/aromatic N) is 2. The second-order valence-electron chi connectivity index (χ2n) is 5.32. The van der Waals surface area contributed by atoms with E-state index in [-0.39, 0.29) is 11.9 Å². The van der Waals surface area contributed by atoms with Gasteiger partial charge in [-0.1, -0.05) is 6.92 Å². The van der Waals surface area contributed by atoms with E-state index >= 15 is 0 Å². The summed E-state index contributed by atoms with van der Waals surface area (Å²) < 4.78 is 12.9. The summed E-state index contributed by atoms with van der Waals surface area (Å²) in [7, 11) is 4.11. The molecule has 1 heterocycles. The average molecular weight is 251 g/mol. The van der Waals surface area contributed by atoms with E-state index in [1.807, 2.05) is 7.05 Å². The molecular weight excluding hydrogens is 229 g/mol. The van der Waals surface area contributed by atoms with Gasteiger partial charge in [-0.25, -0.2) is 4.39 Å². The fourth-order valence-electron chi connectivity index (χ4n) is 2.52. The van der Waals surface area contributed by atoms with Gasteiger partial charge >= 0.3 is 0 Å². The molecule has 0 aliphatic heterocycles. The first-order chi connectivity index (χ1) is 8.61. The summed E-state index contributed by atoms with van der Waals surface area (Å²) in [6.07, 6.45) is 3.93. The summed E-state index contributed by atoms with van der Waals surface area (Å²) >= 11 is 0. The van der Waals surface area contributed by atoms with E-state index in [9.17, 15) is 4.39 Å². The summed E-state index contributed by atoms with van der Waals surface area (Å²) in [5.41, 5.74) is 0.913. The molecule has 1 saturated carbocycles. The number of rotatable bonds is 6. The number of hydrogen-bond acceptors (Lipinski definition) is 3. The molecule has 2 rings (SSSR count). The van der Waals surface area contributed by atoms with Crippen LogP contribution in [0.2, 0.25) is 0 Å². The molecule has 0 spiro atoms. The van der Waals surface area contributed by atoms with Gasteiger partial charge in [0.15, 0.2) is 0 Å². The minimum absolute atomic E-state index is 0.173. The van der Waals surface area contributed by atoms with E-state index in [2.05, 4.69) is 29.2 Å². The smallest absolute Gasteiger partial charge is 0.141 e. The van der Waals surface area contributed by atoms with Crippen LogP contribution in [-0.4, -0.2) is 36.6 Å². The van der Waals surface area contributed by atoms with Crippen molar-refractivity contribution in [1.29, 1.82) is 0 Å². The quantitative estimate of drug-likeness (QED) is 0.840. The maximum absolute atomic E-state index is 12.9. The molecule has 18 heavy (non-hydrogen) atoms. The fourth-order valence-corrected chi connectivity index (χ4v) is 2.52. The first kappa shape index (κ1) is 13.4. The van der Waals surface area contributed by atoms with Crippen LogP contribution in [0.15, 0.2) is 18.3 Å². The lowest BCUT2D eigenvalue weighted by molar-refractivity contribution is 0.242. The second-order valence-corrected chi connectivity index (χ2v) is 5.32. The lowest BCUT2D eigenvalue weighted by atomic mass is 9.98. The minimum atomic E-state index is -0.281. The lowest BCUT2D eigenvalue weighted by Gasteiger charge is -2.27. The predicted molar refractivity (Wildman–Crippen MR) is 70.8 cm³/mol. The van der Waals surface area contributed by atoms with E-state index in [4.69, 9.17) is 0 Å². The Bertz CT molecular complexity index is 375. The SMILES string of the molecule is CNC(c1ccc(F)cn1)C(C)CN(C)C1CC1. The van der Waals surface area contributed by atoms with Crippen molar-refractivity contribution in [2.45, 2.75) is 31.8 Å². The Balaban J connectivity index is 2.00. The monoisotopic (exact) mass is 251 g/mol. The number of nitrogens with one attached hydrogen (secondary N) is 1. The van der Waals surface area contributed by atoms with Crippen LogP contribution in [0.25, 0.3) is 0 Å². The number of halogens is 1. The van der Waals surface area contributed by atoms with E-state index < -0.39 is 0 Å². The molecule has 0 saturated heterocycles. The Hall–Kier alpha value is -1.00. The molecule has 3 nitrogen and oxygen atoms in total. The van der Waals surface area contributed by atoms with Crippen molar-refractivity contribution in [3.05, 3.63) is 29.8 Å². The maximum Gasteiger partial charge on any atom is 0.141 e. The third-order valence-electron chi connectivity index (χ3n) is 3.70. The summed E-state index contributed by atoms with van der Waals surface area (Å²) in [6.45, 7) is 3.25. The third kappa shape index (κ3) is 3.27. The van der Waals surface area contributed by atoms with Crippen molar-refractivity contribution in [2.24, 2.45) is 5.92 Å². The first-order valence-corrected chi connectivity index (χ1v) is 6.60. The number of hydrogen-bond donors (Lipinski definition) is 1. The second kappa shape index (κ2) is 5.76. The van der Waals surface area contributed by atoms with Crippen LogP contribution in [0, 0.1) is 11.7 Å². The number of pyridine rings is 1. The molecule has 2 unspecified atom stereocenters. The molecular formula is C14H22FN3. The fraction of sp³-hybridized carbons (Fsp3) is 0.643. The Morgan fingerprint density at radius 3 is 2.72 bits per heavy atom. The van der Waals surface area contributed by atoms with Crippen molar-refractivity contribution in [3.63, 3.8) is 0 Å². The van der Waals surface area contributed by atoms with Gasteiger partial charge in [0.1, 0.15) is 5.82 Å². The Labute approximate surface area is 108 Å². The van der Waals surface area contributed by atoms with Crippen LogP contribution in [0.4, 0.5) is 4.39 Å². The highest BCUT2D eigenvalue weighted by Crippen LogP contribution is 2.28. The zero-order valence-corrected chi connectivity index (χ0v) is 11.4. The molecule has 0 aromatic carbocycles. The van der Waals surface area contributed by atoms with Gasteiger partial charge in [0.2, 0.25) is 0 Å². The van der Waals surface area contributed by atoms with Crippen LogP contribution in [-0.2, 0) is 0 Å². The molecule has 0 bridgehead atoms. The Morgan fingerprint density at radius 2 is 2.22 bits per heavy atom. The summed E-state index contributed by atoms with van der Waals surface area (Å²) in [6, 6.07) is 4.19. The lowest BCUT2D eigenvalue weighted by Crippen LogP contribution is -2.34. The third-order valence-corrected chi connectivity index (χ3v) is 3.70. The largest absolute Gasteiger partial charge is 0.311 e. The first-order valence-electron chi connectivity index (χ1n) is 6.60. The van der Waals surface area contributed by atoms with Gasteiger partial charge in [0, 0.05) is 12.6 Å². The highest BCUT2D eigenvalue weighted by molar-refractivity contribution is 5.11. The van der Waals surface area contributed by atoms with Crippen LogP contribution in [0.1, 0.15) is 31.5 Å². The highest BCUT2D eigenvalue weighted by atomic mass is 19.1. The molecule has 0 radical (unpaired) electrons. The van der Waals surface area contributed by atoms with E-state index in [0.717, 1.165) is 18.3 Å². The Kier molecular flexibility index (Phi) is 4.30. The van der Waals surface area contributed by atoms with Gasteiger partial charge in [0.05, 0.1) is 17.9 Å². The molecule has 0 amide bonds. The molecule has 1 aromatic rings. The highest BCUT2D eigenvalue weighted by Gasteiger charge is 2.29. The van der Waals surface area contributed by atoms with E-state index in [0.29, 0.717) is 5.92 Å². The molecule has 2 atom stereocenters. The topological polar surface area (TPSA) is 28.2 Å². The van der Waals surface area contributed by atoms with Crippen LogP contribution in [0.3, 0.4) is 0 Å². The molecule has 1 aliphatic carbocycles. The molecule has 100 valence electrons. The van der Waals surface area contributed by atoms with E-state index in [1.165, 1.54) is 25.1 Å². The van der Waals surface area contributed by atoms with Gasteiger partial charge in [-0.05, 0) is 45.0 Å². The van der Waals surface area contributed by atoms with Gasteiger partial charge in [-0.15, -0.1) is 0 Å². The van der Waals surface area contributed by atoms with Crippen molar-refractivity contribution >= 4 is 0 Å². The Morgan fingerprint density at radius 1 is 1.50 bits per heavy atom. The van der Waals surface area contributed by atoms with Crippen LogP contribution < -0.4 is 5.32 Å². The van der Waals surface area contributed by atoms with E-state index in [1.54, 1.807) is 6.07 Å². The normalized spacial score (nSPS) is 18.9. The van der Waals surface area contributed by atoms with Crippen molar-refractivity contribution in [2.75, 3.05) is 20.6 Å². The predicted octanol–water partition coefficient (Wildman–Crippen LogP) is 2.21. The molecule has 4 heteroatoms. The van der Waals surface area contributed by atoms with Gasteiger partial charge < -0.3 is 10.2 Å². The number of aromatic nitrogens is 1. The summed E-state index contributed by atoms with van der Waals surface area (Å²) in [5, 5.41) is 3.29. The average Bonchev–Trinajstić information content (AvgIpc) is 3.16. The van der Waals surface area contributed by atoms with Crippen LogP contribution >= 0.6 is 0 Å². The summed E-state index contributed by atoms with van der Waals surface area (Å²) in [5.74, 6) is 0.162. The van der Waals surface area contributed by atoms with Crippen molar-refractivity contribution < 1.29 is 4.39 Å². The van der Waals surface area contributed by atoms with Gasteiger partial charge in [-0.2, -0.15) is 0 Å². The van der Waals surface area contributed by atoms with Crippen molar-refractivity contribution in [1.82, 2.24) is 15.2 Å². The van der Waals surface area contributed by atoms with Crippen molar-refractivity contribution in [3.8, 4) is 0 Å². The minimum Gasteiger partial charge on any atom is -0.311 e. The molecule has 1 fully saturated rings. The zero-order valence-electron chi connectivity index (χ0n) is 11.4. The molecule has 1 aromatic heterocycles. The van der Waals surface area contributed by atoms with Crippen LogP contribution in [0.5, 0.6) is 0 Å². The maximum atomic E-state index is 12.9. The van der Waals surface area contributed by atoms with Gasteiger partial charge in [-0.3, -0.25) is 4.98 Å². The molecule has 1 aliphatic rings. The summed E-state index contributed by atoms with van der Waals surface area (Å²) in [4.78, 5) is 6.60. The standard InChI is InChI=1S/C14H22FN3/c1-10(9-18(3)12-5-6-12)14(16-2)13-7-4-11(15)8-17-13/h4,7-8,10,12,14,16H,5-6,9H2,1-3H3. The molecule has 1 N–H and O–H groups in total. The zero-order chi connectivity index (χ0) is 13.1.